The number of aromatic nitrogens is 2. The molecule has 3 N–H and O–H groups in total. The van der Waals surface area contributed by atoms with E-state index < -0.39 is 0 Å². The maximum Gasteiger partial charge on any atom is 0.226 e. The van der Waals surface area contributed by atoms with Crippen LogP contribution in [0.4, 0.5) is 5.00 Å². The standard InChI is InChI=1S/C20H23N5OS2/c26-17(6-9-23-12-2-1-3-12)25-20-18(13-4-7-22-11-16(13)28-20)19-24-14-10-21-8-5-15(14)27-19/h5,8,10,12,22-23H,1-4,6-7,9,11H2,(H,25,26). The van der Waals surface area contributed by atoms with Crippen LogP contribution in [0.25, 0.3) is 20.8 Å². The lowest BCUT2D eigenvalue weighted by atomic mass is 9.93. The van der Waals surface area contributed by atoms with E-state index in [9.17, 15) is 4.79 Å². The monoisotopic (exact) mass is 413 g/mol. The number of anilines is 1. The summed E-state index contributed by atoms with van der Waals surface area (Å²) in [7, 11) is 0. The molecule has 0 spiro atoms. The van der Waals surface area contributed by atoms with Crippen molar-refractivity contribution in [2.75, 3.05) is 18.4 Å². The van der Waals surface area contributed by atoms with Gasteiger partial charge in [-0.1, -0.05) is 6.42 Å². The number of thiophene rings is 1. The summed E-state index contributed by atoms with van der Waals surface area (Å²) < 4.78 is 1.13. The van der Waals surface area contributed by atoms with Crippen LogP contribution in [0, 0.1) is 0 Å². The van der Waals surface area contributed by atoms with Crippen LogP contribution in [0.3, 0.4) is 0 Å². The van der Waals surface area contributed by atoms with E-state index in [0.29, 0.717) is 12.5 Å². The molecular formula is C20H23N5OS2. The van der Waals surface area contributed by atoms with E-state index in [1.807, 2.05) is 6.07 Å². The number of hydrogen-bond donors (Lipinski definition) is 3. The smallest absolute Gasteiger partial charge is 0.226 e. The number of amides is 1. The van der Waals surface area contributed by atoms with Gasteiger partial charge >= 0.3 is 0 Å². The van der Waals surface area contributed by atoms with E-state index in [0.717, 1.165) is 51.8 Å². The van der Waals surface area contributed by atoms with Gasteiger partial charge in [-0.05, 0) is 37.4 Å². The highest BCUT2D eigenvalue weighted by molar-refractivity contribution is 7.22. The summed E-state index contributed by atoms with van der Waals surface area (Å²) in [4.78, 5) is 22.9. The van der Waals surface area contributed by atoms with Crippen molar-refractivity contribution >= 4 is 43.8 Å². The summed E-state index contributed by atoms with van der Waals surface area (Å²) in [5.74, 6) is 0.0717. The molecule has 1 aliphatic carbocycles. The molecule has 1 saturated carbocycles. The number of pyridine rings is 1. The number of nitrogens with one attached hydrogen (secondary N) is 3. The van der Waals surface area contributed by atoms with E-state index >= 15 is 0 Å². The number of rotatable bonds is 6. The molecule has 3 aromatic heterocycles. The van der Waals surface area contributed by atoms with Gasteiger partial charge in [0.15, 0.2) is 0 Å². The lowest BCUT2D eigenvalue weighted by Crippen LogP contribution is -2.36. The van der Waals surface area contributed by atoms with Crippen molar-refractivity contribution in [2.24, 2.45) is 0 Å². The first-order valence-corrected chi connectivity index (χ1v) is 11.5. The van der Waals surface area contributed by atoms with Crippen LogP contribution in [-0.4, -0.2) is 35.0 Å². The Labute approximate surface area is 171 Å². The van der Waals surface area contributed by atoms with Gasteiger partial charge in [-0.25, -0.2) is 4.98 Å². The minimum atomic E-state index is 0.0717. The van der Waals surface area contributed by atoms with Crippen molar-refractivity contribution in [3.63, 3.8) is 0 Å². The van der Waals surface area contributed by atoms with Crippen molar-refractivity contribution in [3.05, 3.63) is 28.9 Å². The van der Waals surface area contributed by atoms with Crippen molar-refractivity contribution in [3.8, 4) is 10.6 Å². The molecule has 28 heavy (non-hydrogen) atoms. The van der Waals surface area contributed by atoms with Crippen LogP contribution >= 0.6 is 22.7 Å². The summed E-state index contributed by atoms with van der Waals surface area (Å²) in [6.07, 6.45) is 8.86. The molecule has 3 aromatic rings. The maximum absolute atomic E-state index is 12.6. The molecule has 0 aromatic carbocycles. The Balaban J connectivity index is 1.40. The van der Waals surface area contributed by atoms with Crippen molar-refractivity contribution in [1.29, 1.82) is 0 Å². The van der Waals surface area contributed by atoms with E-state index in [-0.39, 0.29) is 5.91 Å². The third-order valence-electron chi connectivity index (χ3n) is 5.47. The summed E-state index contributed by atoms with van der Waals surface area (Å²) in [5, 5.41) is 12.0. The first-order valence-electron chi connectivity index (χ1n) is 9.87. The first kappa shape index (κ1) is 18.2. The van der Waals surface area contributed by atoms with Crippen molar-refractivity contribution < 1.29 is 4.79 Å². The fraction of sp³-hybridized carbons (Fsp3) is 0.450. The Kier molecular flexibility index (Phi) is 5.11. The van der Waals surface area contributed by atoms with Crippen LogP contribution in [-0.2, 0) is 17.8 Å². The zero-order valence-corrected chi connectivity index (χ0v) is 17.2. The first-order chi connectivity index (χ1) is 13.8. The molecule has 5 rings (SSSR count). The molecule has 0 saturated heterocycles. The number of carbonyl (C=O) groups is 1. The largest absolute Gasteiger partial charge is 0.317 e. The molecule has 0 unspecified atom stereocenters. The topological polar surface area (TPSA) is 78.9 Å². The Morgan fingerprint density at radius 3 is 3.07 bits per heavy atom. The van der Waals surface area contributed by atoms with E-state index in [2.05, 4.69) is 20.9 Å². The normalized spacial score (nSPS) is 16.7. The molecule has 0 radical (unpaired) electrons. The fourth-order valence-electron chi connectivity index (χ4n) is 3.73. The third-order valence-corrected chi connectivity index (χ3v) is 7.68. The second-order valence-corrected chi connectivity index (χ2v) is 9.51. The lowest BCUT2D eigenvalue weighted by molar-refractivity contribution is -0.116. The van der Waals surface area contributed by atoms with E-state index in [4.69, 9.17) is 4.98 Å². The van der Waals surface area contributed by atoms with Crippen molar-refractivity contribution in [1.82, 2.24) is 20.6 Å². The van der Waals surface area contributed by atoms with Gasteiger partial charge < -0.3 is 16.0 Å². The van der Waals surface area contributed by atoms with Crippen molar-refractivity contribution in [2.45, 2.75) is 44.7 Å². The SMILES string of the molecule is O=C(CCNC1CCC1)Nc1sc2c(c1-c1nc3cnccc3s1)CCNC2. The molecular weight excluding hydrogens is 390 g/mol. The number of carbonyl (C=O) groups excluding carboxylic acids is 1. The highest BCUT2D eigenvalue weighted by atomic mass is 32.1. The second kappa shape index (κ2) is 7.87. The molecule has 146 valence electrons. The van der Waals surface area contributed by atoms with Gasteiger partial charge in [0.2, 0.25) is 5.91 Å². The quantitative estimate of drug-likeness (QED) is 0.576. The number of nitrogens with zero attached hydrogens (tertiary/aromatic N) is 2. The molecule has 4 heterocycles. The van der Waals surface area contributed by atoms with Crippen LogP contribution in [0.15, 0.2) is 18.5 Å². The molecule has 1 amide bonds. The summed E-state index contributed by atoms with van der Waals surface area (Å²) >= 11 is 3.36. The van der Waals surface area contributed by atoms with Gasteiger partial charge in [0.25, 0.3) is 0 Å². The van der Waals surface area contributed by atoms with Crippen LogP contribution in [0.1, 0.15) is 36.1 Å². The molecule has 0 bridgehead atoms. The van der Waals surface area contributed by atoms with Crippen LogP contribution in [0.2, 0.25) is 0 Å². The highest BCUT2D eigenvalue weighted by Gasteiger charge is 2.25. The average molecular weight is 414 g/mol. The Bertz CT molecular complexity index is 974. The Hall–Kier alpha value is -1.87. The minimum absolute atomic E-state index is 0.0717. The molecule has 0 atom stereocenters. The lowest BCUT2D eigenvalue weighted by Gasteiger charge is -2.26. The van der Waals surface area contributed by atoms with Gasteiger partial charge in [0.1, 0.15) is 15.5 Å². The summed E-state index contributed by atoms with van der Waals surface area (Å²) in [6.45, 7) is 2.56. The fourth-order valence-corrected chi connectivity index (χ4v) is 6.04. The second-order valence-electron chi connectivity index (χ2n) is 7.38. The zero-order chi connectivity index (χ0) is 18.9. The Morgan fingerprint density at radius 2 is 2.25 bits per heavy atom. The van der Waals surface area contributed by atoms with Crippen LogP contribution in [0.5, 0.6) is 0 Å². The van der Waals surface area contributed by atoms with Gasteiger partial charge in [0.05, 0.1) is 10.9 Å². The maximum atomic E-state index is 12.6. The Morgan fingerprint density at radius 1 is 1.32 bits per heavy atom. The predicted octanol–water partition coefficient (Wildman–Crippen LogP) is 3.54. The van der Waals surface area contributed by atoms with E-state index in [1.54, 1.807) is 35.1 Å². The van der Waals surface area contributed by atoms with Crippen LogP contribution < -0.4 is 16.0 Å². The van der Waals surface area contributed by atoms with Gasteiger partial charge in [-0.3, -0.25) is 9.78 Å². The predicted molar refractivity (Wildman–Crippen MR) is 115 cm³/mol. The average Bonchev–Trinajstić information content (AvgIpc) is 3.23. The number of fused-ring (bicyclic) bond motifs is 2. The summed E-state index contributed by atoms with van der Waals surface area (Å²) in [6, 6.07) is 2.61. The third kappa shape index (κ3) is 3.57. The highest BCUT2D eigenvalue weighted by Crippen LogP contribution is 2.44. The minimum Gasteiger partial charge on any atom is -0.317 e. The molecule has 1 fully saturated rings. The zero-order valence-electron chi connectivity index (χ0n) is 15.6. The molecule has 6 nitrogen and oxygen atoms in total. The molecule has 2 aliphatic rings. The van der Waals surface area contributed by atoms with Gasteiger partial charge in [0, 0.05) is 42.2 Å². The van der Waals surface area contributed by atoms with Gasteiger partial charge in [-0.15, -0.1) is 22.7 Å². The number of thiazole rings is 1. The molecule has 8 heteroatoms. The van der Waals surface area contributed by atoms with Gasteiger partial charge in [-0.2, -0.15) is 0 Å². The molecule has 1 aliphatic heterocycles. The number of hydrogen-bond acceptors (Lipinski definition) is 7. The summed E-state index contributed by atoms with van der Waals surface area (Å²) in [5.41, 5.74) is 3.36. The van der Waals surface area contributed by atoms with E-state index in [1.165, 1.54) is 29.7 Å².